The minimum absolute atomic E-state index is 0.182. The molecule has 4 rings (SSSR count). The topological polar surface area (TPSA) is 98.5 Å². The van der Waals surface area contributed by atoms with Crippen LogP contribution in [-0.2, 0) is 6.54 Å². The first kappa shape index (κ1) is 14.0. The van der Waals surface area contributed by atoms with Crippen molar-refractivity contribution in [2.75, 3.05) is 13.1 Å². The van der Waals surface area contributed by atoms with E-state index in [0.29, 0.717) is 18.2 Å². The molecule has 0 radical (unpaired) electrons. The average Bonchev–Trinajstić information content (AvgIpc) is 3.31. The second kappa shape index (κ2) is 5.85. The molecule has 0 aromatic carbocycles. The number of aromatic amines is 2. The van der Waals surface area contributed by atoms with Gasteiger partial charge in [-0.3, -0.25) is 9.89 Å². The monoisotopic (exact) mass is 310 g/mol. The Bertz CT molecular complexity index is 830. The maximum absolute atomic E-state index is 12.3. The van der Waals surface area contributed by atoms with Gasteiger partial charge in [0.15, 0.2) is 0 Å². The molecule has 0 aliphatic carbocycles. The predicted molar refractivity (Wildman–Crippen MR) is 86.1 cm³/mol. The molecule has 4 heterocycles. The molecule has 0 spiro atoms. The first-order valence-electron chi connectivity index (χ1n) is 7.76. The van der Waals surface area contributed by atoms with Crippen LogP contribution < -0.4 is 10.6 Å². The highest BCUT2D eigenvalue weighted by Gasteiger charge is 2.21. The lowest BCUT2D eigenvalue weighted by molar-refractivity contribution is 0.0946. The molecule has 1 atom stereocenters. The molecule has 1 unspecified atom stereocenters. The molecule has 1 aliphatic rings. The van der Waals surface area contributed by atoms with E-state index in [0.717, 1.165) is 41.8 Å². The van der Waals surface area contributed by atoms with Crippen LogP contribution in [0.5, 0.6) is 0 Å². The third-order valence-corrected chi connectivity index (χ3v) is 4.30. The van der Waals surface area contributed by atoms with Gasteiger partial charge in [-0.05, 0) is 31.2 Å². The van der Waals surface area contributed by atoms with Crippen LogP contribution in [0.15, 0.2) is 30.6 Å². The van der Waals surface area contributed by atoms with E-state index in [2.05, 4.69) is 30.8 Å². The SMILES string of the molecule is O=C(NCc1cn[nH]c1C1CCNC1)c1ccc2cc[nH]c2n1. The Labute approximate surface area is 132 Å². The Morgan fingerprint density at radius 3 is 3.17 bits per heavy atom. The van der Waals surface area contributed by atoms with Gasteiger partial charge in [-0.1, -0.05) is 0 Å². The number of nitrogens with one attached hydrogen (secondary N) is 4. The standard InChI is InChI=1S/C16H18N6O/c23-16(13-2-1-10-4-6-18-15(10)21-13)19-8-12-9-20-22-14(12)11-3-5-17-7-11/h1-2,4,6,9,11,17H,3,5,7-8H2,(H,18,21)(H,19,23)(H,20,22). The highest BCUT2D eigenvalue weighted by atomic mass is 16.1. The van der Waals surface area contributed by atoms with E-state index in [1.807, 2.05) is 18.3 Å². The molecule has 1 fully saturated rings. The Hall–Kier alpha value is -2.67. The van der Waals surface area contributed by atoms with E-state index in [1.54, 1.807) is 12.3 Å². The van der Waals surface area contributed by atoms with Crippen LogP contribution in [0.2, 0.25) is 0 Å². The van der Waals surface area contributed by atoms with Crippen molar-refractivity contribution in [3.8, 4) is 0 Å². The minimum Gasteiger partial charge on any atom is -0.346 e. The molecule has 1 saturated heterocycles. The first-order chi connectivity index (χ1) is 11.3. The average molecular weight is 310 g/mol. The number of amides is 1. The van der Waals surface area contributed by atoms with Crippen molar-refractivity contribution in [1.29, 1.82) is 0 Å². The molecule has 1 aliphatic heterocycles. The summed E-state index contributed by atoms with van der Waals surface area (Å²) < 4.78 is 0. The maximum atomic E-state index is 12.3. The van der Waals surface area contributed by atoms with Gasteiger partial charge in [-0.2, -0.15) is 5.10 Å². The van der Waals surface area contributed by atoms with Gasteiger partial charge in [0.25, 0.3) is 5.91 Å². The highest BCUT2D eigenvalue weighted by molar-refractivity contribution is 5.94. The number of hydrogen-bond acceptors (Lipinski definition) is 4. The van der Waals surface area contributed by atoms with Crippen molar-refractivity contribution in [3.63, 3.8) is 0 Å². The summed E-state index contributed by atoms with van der Waals surface area (Å²) in [7, 11) is 0. The quantitative estimate of drug-likeness (QED) is 0.583. The summed E-state index contributed by atoms with van der Waals surface area (Å²) >= 11 is 0. The zero-order valence-corrected chi connectivity index (χ0v) is 12.6. The van der Waals surface area contributed by atoms with Crippen molar-refractivity contribution in [2.24, 2.45) is 0 Å². The molecule has 7 heteroatoms. The zero-order valence-electron chi connectivity index (χ0n) is 12.6. The second-order valence-corrected chi connectivity index (χ2v) is 5.79. The molecule has 3 aromatic heterocycles. The predicted octanol–water partition coefficient (Wildman–Crippen LogP) is 1.29. The number of carbonyl (C=O) groups excluding carboxylic acids is 1. The Morgan fingerprint density at radius 1 is 1.35 bits per heavy atom. The summed E-state index contributed by atoms with van der Waals surface area (Å²) in [5.74, 6) is 0.260. The van der Waals surface area contributed by atoms with Gasteiger partial charge in [0.1, 0.15) is 11.3 Å². The van der Waals surface area contributed by atoms with Crippen LogP contribution in [0.25, 0.3) is 11.0 Å². The van der Waals surface area contributed by atoms with E-state index in [1.165, 1.54) is 0 Å². The molecular formula is C16H18N6O. The van der Waals surface area contributed by atoms with E-state index in [-0.39, 0.29) is 5.91 Å². The normalized spacial score (nSPS) is 17.7. The molecule has 4 N–H and O–H groups in total. The molecule has 0 bridgehead atoms. The number of pyridine rings is 1. The minimum atomic E-state index is -0.182. The highest BCUT2D eigenvalue weighted by Crippen LogP contribution is 2.23. The lowest BCUT2D eigenvalue weighted by Crippen LogP contribution is -2.24. The van der Waals surface area contributed by atoms with Crippen molar-refractivity contribution in [2.45, 2.75) is 18.9 Å². The third kappa shape index (κ3) is 2.70. The van der Waals surface area contributed by atoms with Crippen molar-refractivity contribution < 1.29 is 4.79 Å². The van der Waals surface area contributed by atoms with Crippen molar-refractivity contribution >= 4 is 16.9 Å². The van der Waals surface area contributed by atoms with Crippen LogP contribution in [0.3, 0.4) is 0 Å². The summed E-state index contributed by atoms with van der Waals surface area (Å²) in [6, 6.07) is 5.56. The van der Waals surface area contributed by atoms with Crippen LogP contribution in [0, 0.1) is 0 Å². The molecular weight excluding hydrogens is 292 g/mol. The fourth-order valence-corrected chi connectivity index (χ4v) is 3.04. The van der Waals surface area contributed by atoms with E-state index in [9.17, 15) is 4.79 Å². The fourth-order valence-electron chi connectivity index (χ4n) is 3.04. The van der Waals surface area contributed by atoms with Crippen molar-refractivity contribution in [3.05, 3.63) is 47.5 Å². The van der Waals surface area contributed by atoms with Crippen LogP contribution in [0.4, 0.5) is 0 Å². The molecule has 3 aromatic rings. The third-order valence-electron chi connectivity index (χ3n) is 4.30. The number of carbonyl (C=O) groups is 1. The molecule has 1 amide bonds. The Morgan fingerprint density at radius 2 is 2.30 bits per heavy atom. The number of nitrogens with zero attached hydrogens (tertiary/aromatic N) is 2. The summed E-state index contributed by atoms with van der Waals surface area (Å²) in [6.45, 7) is 2.43. The Balaban J connectivity index is 1.46. The summed E-state index contributed by atoms with van der Waals surface area (Å²) in [5.41, 5.74) is 3.28. The van der Waals surface area contributed by atoms with E-state index >= 15 is 0 Å². The first-order valence-corrected chi connectivity index (χ1v) is 7.76. The fraction of sp³-hybridized carbons (Fsp3) is 0.312. The molecule has 0 saturated carbocycles. The van der Waals surface area contributed by atoms with Crippen LogP contribution in [-0.4, -0.2) is 39.2 Å². The molecule has 7 nitrogen and oxygen atoms in total. The maximum Gasteiger partial charge on any atom is 0.270 e. The smallest absolute Gasteiger partial charge is 0.270 e. The van der Waals surface area contributed by atoms with Crippen molar-refractivity contribution in [1.82, 2.24) is 30.8 Å². The molecule has 118 valence electrons. The zero-order chi connectivity index (χ0) is 15.6. The largest absolute Gasteiger partial charge is 0.346 e. The number of fused-ring (bicyclic) bond motifs is 1. The van der Waals surface area contributed by atoms with Gasteiger partial charge in [-0.15, -0.1) is 0 Å². The lowest BCUT2D eigenvalue weighted by atomic mass is 10.0. The number of H-pyrrole nitrogens is 2. The van der Waals surface area contributed by atoms with E-state index < -0.39 is 0 Å². The van der Waals surface area contributed by atoms with Gasteiger partial charge in [0.05, 0.1) is 6.20 Å². The van der Waals surface area contributed by atoms with Gasteiger partial charge < -0.3 is 15.6 Å². The van der Waals surface area contributed by atoms with Gasteiger partial charge in [0, 0.05) is 41.8 Å². The van der Waals surface area contributed by atoms with Gasteiger partial charge >= 0.3 is 0 Å². The molecule has 23 heavy (non-hydrogen) atoms. The Kier molecular flexibility index (Phi) is 3.55. The number of aromatic nitrogens is 4. The van der Waals surface area contributed by atoms with E-state index in [4.69, 9.17) is 0 Å². The van der Waals surface area contributed by atoms with Gasteiger partial charge in [0.2, 0.25) is 0 Å². The van der Waals surface area contributed by atoms with Gasteiger partial charge in [-0.25, -0.2) is 4.98 Å². The van der Waals surface area contributed by atoms with Crippen LogP contribution >= 0.6 is 0 Å². The second-order valence-electron chi connectivity index (χ2n) is 5.79. The summed E-state index contributed by atoms with van der Waals surface area (Å²) in [4.78, 5) is 19.7. The summed E-state index contributed by atoms with van der Waals surface area (Å²) in [6.07, 6.45) is 4.69. The number of rotatable bonds is 4. The lowest BCUT2D eigenvalue weighted by Gasteiger charge is -2.10. The number of hydrogen-bond donors (Lipinski definition) is 4. The van der Waals surface area contributed by atoms with Crippen LogP contribution in [0.1, 0.15) is 34.1 Å². The summed E-state index contributed by atoms with van der Waals surface area (Å²) in [5, 5.41) is 14.5.